The number of esters is 1. The van der Waals surface area contributed by atoms with Gasteiger partial charge in [-0.1, -0.05) is 142 Å². The maximum absolute atomic E-state index is 12.8. The molecule has 0 rings (SSSR count). The van der Waals surface area contributed by atoms with Gasteiger partial charge in [0.1, 0.15) is 0 Å². The van der Waals surface area contributed by atoms with Crippen LogP contribution in [0.5, 0.6) is 0 Å². The van der Waals surface area contributed by atoms with Gasteiger partial charge in [0.25, 0.3) is 0 Å². The third-order valence-electron chi connectivity index (χ3n) is 7.19. The molecule has 0 saturated carbocycles. The lowest BCUT2D eigenvalue weighted by atomic mass is 9.79. The van der Waals surface area contributed by atoms with Crippen molar-refractivity contribution in [2.24, 2.45) is 5.41 Å². The Morgan fingerprint density at radius 2 is 0.909 bits per heavy atom. The van der Waals surface area contributed by atoms with Gasteiger partial charge in [0.2, 0.25) is 0 Å². The Bertz CT molecular complexity index is 383. The van der Waals surface area contributed by atoms with E-state index in [0.717, 1.165) is 25.7 Å². The van der Waals surface area contributed by atoms with Crippen LogP contribution in [0.4, 0.5) is 0 Å². The molecule has 3 nitrogen and oxygen atoms in total. The molecule has 3 heteroatoms. The number of aliphatic hydroxyl groups is 1. The van der Waals surface area contributed by atoms with Gasteiger partial charge in [0.05, 0.1) is 12.0 Å². The van der Waals surface area contributed by atoms with Crippen LogP contribution in [0.1, 0.15) is 168 Å². The van der Waals surface area contributed by atoms with Crippen LogP contribution < -0.4 is 0 Å². The average Bonchev–Trinajstić information content (AvgIpc) is 2.81. The maximum atomic E-state index is 12.8. The predicted octanol–water partition coefficient (Wildman–Crippen LogP) is 9.54. The minimum Gasteiger partial charge on any atom is -0.465 e. The molecule has 0 unspecified atom stereocenters. The Kier molecular flexibility index (Phi) is 24.1. The van der Waals surface area contributed by atoms with Gasteiger partial charge < -0.3 is 9.84 Å². The van der Waals surface area contributed by atoms with Gasteiger partial charge in [-0.2, -0.15) is 0 Å². The molecule has 0 aliphatic rings. The molecule has 0 aromatic rings. The summed E-state index contributed by atoms with van der Waals surface area (Å²) >= 11 is 0. The quantitative estimate of drug-likeness (QED) is 0.101. The zero-order chi connectivity index (χ0) is 24.5. The van der Waals surface area contributed by atoms with E-state index < -0.39 is 0 Å². The molecule has 198 valence electrons. The molecule has 1 N–H and O–H groups in total. The minimum absolute atomic E-state index is 0.0391. The van der Waals surface area contributed by atoms with Gasteiger partial charge in [-0.25, -0.2) is 0 Å². The summed E-state index contributed by atoms with van der Waals surface area (Å²) in [6.45, 7) is 7.09. The molecular weight excluding hydrogens is 408 g/mol. The molecule has 0 radical (unpaired) electrons. The Balaban J connectivity index is 4.08. The van der Waals surface area contributed by atoms with Gasteiger partial charge >= 0.3 is 5.97 Å². The van der Waals surface area contributed by atoms with E-state index in [0.29, 0.717) is 13.0 Å². The highest BCUT2D eigenvalue weighted by atomic mass is 16.5. The Labute approximate surface area is 207 Å². The van der Waals surface area contributed by atoms with Crippen LogP contribution in [0, 0.1) is 5.41 Å². The van der Waals surface area contributed by atoms with Crippen LogP contribution in [0.15, 0.2) is 0 Å². The number of carbonyl (C=O) groups excluding carboxylic acids is 1. The van der Waals surface area contributed by atoms with Crippen molar-refractivity contribution in [1.29, 1.82) is 0 Å². The fourth-order valence-electron chi connectivity index (χ4n) is 4.74. The summed E-state index contributed by atoms with van der Waals surface area (Å²) in [5.41, 5.74) is -0.351. The molecule has 0 bridgehead atoms. The zero-order valence-electron chi connectivity index (χ0n) is 22.9. The number of ether oxygens (including phenoxy) is 1. The predicted molar refractivity (Wildman–Crippen MR) is 144 cm³/mol. The van der Waals surface area contributed by atoms with Crippen LogP contribution >= 0.6 is 0 Å². The maximum Gasteiger partial charge on any atom is 0.311 e. The van der Waals surface area contributed by atoms with Crippen LogP contribution in [0.2, 0.25) is 0 Å². The van der Waals surface area contributed by atoms with Crippen LogP contribution in [-0.2, 0) is 9.53 Å². The monoisotopic (exact) mass is 468 g/mol. The standard InChI is InChI=1S/C30H60O3/c1-4-6-8-10-12-14-16-18-20-22-25-30(3,29(32)33-28-24-27-31)26-23-21-19-17-15-13-11-9-7-5-2/h31H,4-28H2,1-3H3. The lowest BCUT2D eigenvalue weighted by Crippen LogP contribution is -2.30. The number of aliphatic hydroxyl groups excluding tert-OH is 1. The third-order valence-corrected chi connectivity index (χ3v) is 7.19. The smallest absolute Gasteiger partial charge is 0.311 e. The number of unbranched alkanes of at least 4 members (excludes halogenated alkanes) is 18. The molecule has 0 spiro atoms. The van der Waals surface area contributed by atoms with Crippen molar-refractivity contribution in [3.8, 4) is 0 Å². The molecule has 0 saturated heterocycles. The van der Waals surface area contributed by atoms with Crippen molar-refractivity contribution in [2.75, 3.05) is 13.2 Å². The van der Waals surface area contributed by atoms with E-state index in [2.05, 4.69) is 20.8 Å². The first kappa shape index (κ1) is 32.4. The highest BCUT2D eigenvalue weighted by molar-refractivity contribution is 5.76. The highest BCUT2D eigenvalue weighted by Crippen LogP contribution is 2.33. The fourth-order valence-corrected chi connectivity index (χ4v) is 4.74. The van der Waals surface area contributed by atoms with Gasteiger partial charge in [0.15, 0.2) is 0 Å². The van der Waals surface area contributed by atoms with E-state index in [9.17, 15) is 4.79 Å². The number of hydrogen-bond donors (Lipinski definition) is 1. The number of hydrogen-bond acceptors (Lipinski definition) is 3. The first-order chi connectivity index (χ1) is 16.1. The highest BCUT2D eigenvalue weighted by Gasteiger charge is 2.33. The van der Waals surface area contributed by atoms with E-state index in [1.165, 1.54) is 116 Å². The van der Waals surface area contributed by atoms with Crippen LogP contribution in [0.3, 0.4) is 0 Å². The van der Waals surface area contributed by atoms with Crippen molar-refractivity contribution in [3.63, 3.8) is 0 Å². The third kappa shape index (κ3) is 20.5. The molecule has 0 aromatic heterocycles. The Morgan fingerprint density at radius 1 is 0.576 bits per heavy atom. The second-order valence-electron chi connectivity index (χ2n) is 10.6. The van der Waals surface area contributed by atoms with Crippen LogP contribution in [-0.4, -0.2) is 24.3 Å². The SMILES string of the molecule is CCCCCCCCCCCCC(C)(CCCCCCCCCCCC)C(=O)OCCCO. The molecule has 0 atom stereocenters. The molecule has 33 heavy (non-hydrogen) atoms. The first-order valence-corrected chi connectivity index (χ1v) is 14.9. The molecule has 0 heterocycles. The summed E-state index contributed by atoms with van der Waals surface area (Å²) in [6.07, 6.45) is 28.9. The summed E-state index contributed by atoms with van der Waals surface area (Å²) in [6, 6.07) is 0. The summed E-state index contributed by atoms with van der Waals surface area (Å²) in [7, 11) is 0. The second-order valence-corrected chi connectivity index (χ2v) is 10.6. The van der Waals surface area contributed by atoms with Crippen molar-refractivity contribution in [2.45, 2.75) is 168 Å². The van der Waals surface area contributed by atoms with Crippen molar-refractivity contribution >= 4 is 5.97 Å². The molecule has 0 amide bonds. The lowest BCUT2D eigenvalue weighted by molar-refractivity contribution is -0.156. The van der Waals surface area contributed by atoms with E-state index >= 15 is 0 Å². The Morgan fingerprint density at radius 3 is 1.24 bits per heavy atom. The Hall–Kier alpha value is -0.570. The molecular formula is C30H60O3. The van der Waals surface area contributed by atoms with Crippen molar-refractivity contribution < 1.29 is 14.6 Å². The normalized spacial score (nSPS) is 11.8. The van der Waals surface area contributed by atoms with E-state index in [1.807, 2.05) is 0 Å². The largest absolute Gasteiger partial charge is 0.465 e. The summed E-state index contributed by atoms with van der Waals surface area (Å²) in [5, 5.41) is 9.00. The van der Waals surface area contributed by atoms with E-state index in [-0.39, 0.29) is 18.0 Å². The fraction of sp³-hybridized carbons (Fsp3) is 0.967. The van der Waals surface area contributed by atoms with Gasteiger partial charge in [-0.05, 0) is 19.8 Å². The van der Waals surface area contributed by atoms with Gasteiger partial charge in [0, 0.05) is 13.0 Å². The van der Waals surface area contributed by atoms with Gasteiger partial charge in [-0.15, -0.1) is 0 Å². The average molecular weight is 469 g/mol. The summed E-state index contributed by atoms with van der Waals surface area (Å²) in [5.74, 6) is -0.0391. The van der Waals surface area contributed by atoms with E-state index in [4.69, 9.17) is 9.84 Å². The topological polar surface area (TPSA) is 46.5 Å². The summed E-state index contributed by atoms with van der Waals surface area (Å²) < 4.78 is 5.53. The van der Waals surface area contributed by atoms with Gasteiger partial charge in [-0.3, -0.25) is 4.79 Å². The second kappa shape index (κ2) is 24.6. The minimum atomic E-state index is -0.351. The first-order valence-electron chi connectivity index (χ1n) is 14.9. The van der Waals surface area contributed by atoms with Crippen molar-refractivity contribution in [3.05, 3.63) is 0 Å². The number of carbonyl (C=O) groups is 1. The van der Waals surface area contributed by atoms with E-state index in [1.54, 1.807) is 0 Å². The van der Waals surface area contributed by atoms with Crippen LogP contribution in [0.25, 0.3) is 0 Å². The lowest BCUT2D eigenvalue weighted by Gasteiger charge is -2.27. The molecule has 0 fully saturated rings. The molecule has 0 aliphatic heterocycles. The summed E-state index contributed by atoms with van der Waals surface area (Å²) in [4.78, 5) is 12.8. The zero-order valence-corrected chi connectivity index (χ0v) is 22.9. The van der Waals surface area contributed by atoms with Crippen molar-refractivity contribution in [1.82, 2.24) is 0 Å². The molecule has 0 aliphatic carbocycles. The number of rotatable bonds is 26. The molecule has 0 aromatic carbocycles.